The number of carbonyl (C=O) groups is 1. The number of ether oxygens (including phenoxy) is 2. The third-order valence-electron chi connectivity index (χ3n) is 4.14. The Morgan fingerprint density at radius 3 is 2.92 bits per heavy atom. The molecule has 1 aromatic heterocycles. The molecule has 0 fully saturated rings. The van der Waals surface area contributed by atoms with Gasteiger partial charge < -0.3 is 14.8 Å². The molecule has 2 aromatic carbocycles. The Balaban J connectivity index is 1.81. The van der Waals surface area contributed by atoms with Crippen molar-refractivity contribution in [2.75, 3.05) is 19.8 Å². The summed E-state index contributed by atoms with van der Waals surface area (Å²) in [6, 6.07) is 11.8. The predicted octanol–water partition coefficient (Wildman–Crippen LogP) is 2.82. The third kappa shape index (κ3) is 3.28. The van der Waals surface area contributed by atoms with E-state index in [4.69, 9.17) is 9.47 Å². The van der Waals surface area contributed by atoms with Crippen LogP contribution in [-0.4, -0.2) is 35.9 Å². The molecule has 0 spiro atoms. The second kappa shape index (κ2) is 6.47. The lowest BCUT2D eigenvalue weighted by Crippen LogP contribution is -2.30. The monoisotopic (exact) mass is 337 g/mol. The number of nitrogens with one attached hydrogen (secondary N) is 2. The molecule has 4 rings (SSSR count). The van der Waals surface area contributed by atoms with Gasteiger partial charge in [0.15, 0.2) is 6.61 Å². The zero-order valence-corrected chi connectivity index (χ0v) is 14.0. The summed E-state index contributed by atoms with van der Waals surface area (Å²) in [6.45, 7) is 3.08. The smallest absolute Gasteiger partial charge is 0.257 e. The van der Waals surface area contributed by atoms with E-state index < -0.39 is 0 Å². The number of nitrogens with zero attached hydrogens (tertiary/aromatic N) is 1. The molecule has 2 N–H and O–H groups in total. The standard InChI is InChI=1S/C19H19N3O3/c1-12-7-13-9-15(8-12)25-11-18(23)20-5-2-6-24-14-3-4-17-16(10-14)19(13)22-21-17/h3-4,7-10H,2,5-6,11H2,1H3,(H,20,23)(H,21,22). The number of hydrogen-bond acceptors (Lipinski definition) is 4. The lowest BCUT2D eigenvalue weighted by molar-refractivity contribution is -0.123. The van der Waals surface area contributed by atoms with Crippen LogP contribution in [0.25, 0.3) is 22.2 Å². The van der Waals surface area contributed by atoms with E-state index in [-0.39, 0.29) is 12.5 Å². The van der Waals surface area contributed by atoms with Crippen LogP contribution in [0, 0.1) is 6.92 Å². The minimum atomic E-state index is -0.138. The Bertz CT molecular complexity index is 933. The molecule has 6 nitrogen and oxygen atoms in total. The van der Waals surface area contributed by atoms with E-state index in [9.17, 15) is 4.79 Å². The van der Waals surface area contributed by atoms with Crippen LogP contribution >= 0.6 is 0 Å². The third-order valence-corrected chi connectivity index (χ3v) is 4.14. The van der Waals surface area contributed by atoms with Gasteiger partial charge in [0.1, 0.15) is 17.2 Å². The van der Waals surface area contributed by atoms with Gasteiger partial charge in [-0.1, -0.05) is 0 Å². The van der Waals surface area contributed by atoms with Crippen molar-refractivity contribution < 1.29 is 14.3 Å². The summed E-state index contributed by atoms with van der Waals surface area (Å²) < 4.78 is 11.5. The largest absolute Gasteiger partial charge is 0.494 e. The van der Waals surface area contributed by atoms with Gasteiger partial charge in [0.05, 0.1) is 12.1 Å². The molecular formula is C19H19N3O3. The zero-order valence-electron chi connectivity index (χ0n) is 14.0. The molecule has 25 heavy (non-hydrogen) atoms. The van der Waals surface area contributed by atoms with Gasteiger partial charge in [-0.05, 0) is 55.3 Å². The van der Waals surface area contributed by atoms with Gasteiger partial charge in [0.2, 0.25) is 0 Å². The first-order valence-electron chi connectivity index (χ1n) is 8.31. The molecule has 0 atom stereocenters. The van der Waals surface area contributed by atoms with Crippen LogP contribution in [0.3, 0.4) is 0 Å². The molecule has 128 valence electrons. The van der Waals surface area contributed by atoms with Gasteiger partial charge in [-0.2, -0.15) is 5.10 Å². The molecule has 2 heterocycles. The number of aromatic amines is 1. The van der Waals surface area contributed by atoms with Gasteiger partial charge in [0.25, 0.3) is 5.91 Å². The molecule has 3 aromatic rings. The summed E-state index contributed by atoms with van der Waals surface area (Å²) in [6.07, 6.45) is 0.731. The Labute approximate surface area is 145 Å². The first-order valence-corrected chi connectivity index (χ1v) is 8.31. The van der Waals surface area contributed by atoms with Crippen molar-refractivity contribution in [2.24, 2.45) is 0 Å². The van der Waals surface area contributed by atoms with Crippen molar-refractivity contribution in [2.45, 2.75) is 13.3 Å². The maximum absolute atomic E-state index is 11.9. The van der Waals surface area contributed by atoms with Crippen LogP contribution in [0.15, 0.2) is 36.4 Å². The van der Waals surface area contributed by atoms with E-state index in [2.05, 4.69) is 15.5 Å². The first kappa shape index (κ1) is 15.5. The van der Waals surface area contributed by atoms with Crippen molar-refractivity contribution in [1.29, 1.82) is 0 Å². The highest BCUT2D eigenvalue weighted by Gasteiger charge is 2.12. The summed E-state index contributed by atoms with van der Waals surface area (Å²) in [4.78, 5) is 11.9. The number of H-pyrrole nitrogens is 1. The van der Waals surface area contributed by atoms with E-state index in [1.807, 2.05) is 43.3 Å². The predicted molar refractivity (Wildman–Crippen MR) is 94.9 cm³/mol. The first-order chi connectivity index (χ1) is 12.2. The molecule has 6 heteroatoms. The molecule has 1 aliphatic rings. The number of fused-ring (bicyclic) bond motifs is 4. The van der Waals surface area contributed by atoms with Crippen molar-refractivity contribution in [3.8, 4) is 22.8 Å². The quantitative estimate of drug-likeness (QED) is 0.661. The molecule has 0 saturated carbocycles. The van der Waals surface area contributed by atoms with Gasteiger partial charge in [-0.25, -0.2) is 0 Å². The minimum Gasteiger partial charge on any atom is -0.494 e. The fraction of sp³-hybridized carbons (Fsp3) is 0.263. The molecule has 1 amide bonds. The van der Waals surface area contributed by atoms with E-state index in [1.165, 1.54) is 0 Å². The van der Waals surface area contributed by atoms with Crippen LogP contribution in [0.5, 0.6) is 11.5 Å². The maximum atomic E-state index is 11.9. The van der Waals surface area contributed by atoms with Gasteiger partial charge in [-0.15, -0.1) is 0 Å². The molecule has 1 aliphatic heterocycles. The fourth-order valence-corrected chi connectivity index (χ4v) is 2.96. The molecular weight excluding hydrogens is 318 g/mol. The molecule has 0 saturated heterocycles. The zero-order chi connectivity index (χ0) is 17.2. The van der Waals surface area contributed by atoms with Crippen LogP contribution in [-0.2, 0) is 4.79 Å². The van der Waals surface area contributed by atoms with E-state index >= 15 is 0 Å². The van der Waals surface area contributed by atoms with Crippen LogP contribution in [0.2, 0.25) is 0 Å². The average Bonchev–Trinajstić information content (AvgIpc) is 3.02. The molecule has 4 bridgehead atoms. The number of hydrogen-bond donors (Lipinski definition) is 2. The summed E-state index contributed by atoms with van der Waals surface area (Å²) in [7, 11) is 0. The lowest BCUT2D eigenvalue weighted by Gasteiger charge is -2.09. The number of rotatable bonds is 0. The van der Waals surface area contributed by atoms with Gasteiger partial charge in [-0.3, -0.25) is 9.89 Å². The molecule has 0 radical (unpaired) electrons. The summed E-state index contributed by atoms with van der Waals surface area (Å²) >= 11 is 0. The highest BCUT2D eigenvalue weighted by atomic mass is 16.5. The Morgan fingerprint density at radius 2 is 2.00 bits per heavy atom. The molecule has 0 aliphatic carbocycles. The van der Waals surface area contributed by atoms with E-state index in [0.717, 1.165) is 39.9 Å². The van der Waals surface area contributed by atoms with Gasteiger partial charge >= 0.3 is 0 Å². The maximum Gasteiger partial charge on any atom is 0.257 e. The van der Waals surface area contributed by atoms with Gasteiger partial charge in [0, 0.05) is 17.5 Å². The van der Waals surface area contributed by atoms with E-state index in [0.29, 0.717) is 18.9 Å². The van der Waals surface area contributed by atoms with Crippen molar-refractivity contribution in [1.82, 2.24) is 15.5 Å². The van der Waals surface area contributed by atoms with Crippen molar-refractivity contribution in [3.05, 3.63) is 42.0 Å². The second-order valence-corrected chi connectivity index (χ2v) is 6.15. The average molecular weight is 337 g/mol. The van der Waals surface area contributed by atoms with Crippen LogP contribution in [0.4, 0.5) is 0 Å². The Morgan fingerprint density at radius 1 is 1.08 bits per heavy atom. The summed E-state index contributed by atoms with van der Waals surface area (Å²) in [5.74, 6) is 1.31. The second-order valence-electron chi connectivity index (χ2n) is 6.15. The number of aromatic nitrogens is 2. The number of aryl methyl sites for hydroxylation is 1. The fourth-order valence-electron chi connectivity index (χ4n) is 2.96. The van der Waals surface area contributed by atoms with Crippen LogP contribution < -0.4 is 14.8 Å². The van der Waals surface area contributed by atoms with Crippen molar-refractivity contribution >= 4 is 16.8 Å². The van der Waals surface area contributed by atoms with E-state index in [1.54, 1.807) is 0 Å². The highest BCUT2D eigenvalue weighted by molar-refractivity contribution is 5.94. The Hall–Kier alpha value is -3.02. The number of benzene rings is 2. The number of amides is 1. The SMILES string of the molecule is Cc1cc2cc(c1)-c1n[nH]c3ccc(cc13)OCCCNC(=O)CO2. The summed E-state index contributed by atoms with van der Waals surface area (Å²) in [5.41, 5.74) is 3.77. The van der Waals surface area contributed by atoms with Crippen LogP contribution in [0.1, 0.15) is 12.0 Å². The number of carbonyl (C=O) groups excluding carboxylic acids is 1. The Kier molecular flexibility index (Phi) is 4.01. The normalized spacial score (nSPS) is 15.0. The highest BCUT2D eigenvalue weighted by Crippen LogP contribution is 2.32. The summed E-state index contributed by atoms with van der Waals surface area (Å²) in [5, 5.41) is 11.4. The molecule has 0 unspecified atom stereocenters. The lowest BCUT2D eigenvalue weighted by atomic mass is 10.0. The van der Waals surface area contributed by atoms with Crippen molar-refractivity contribution in [3.63, 3.8) is 0 Å². The minimum absolute atomic E-state index is 0.00647. The topological polar surface area (TPSA) is 76.2 Å².